The SMILES string of the molecule is O=S(=O)(NC(O)Nc1c2c(cc3c1CCC3)CCC2)c1ccn(C2CCCC2O)n1. The molecule has 3 aliphatic rings. The minimum absolute atomic E-state index is 0.161. The van der Waals surface area contributed by atoms with Crippen molar-refractivity contribution in [1.29, 1.82) is 0 Å². The van der Waals surface area contributed by atoms with Crippen molar-refractivity contribution in [3.05, 3.63) is 40.6 Å². The van der Waals surface area contributed by atoms with Gasteiger partial charge in [0.1, 0.15) is 0 Å². The molecule has 3 atom stereocenters. The first-order valence-electron chi connectivity index (χ1n) is 10.8. The molecule has 1 fully saturated rings. The number of nitrogens with zero attached hydrogens (tertiary/aromatic N) is 2. The predicted molar refractivity (Wildman–Crippen MR) is 112 cm³/mol. The van der Waals surface area contributed by atoms with Crippen LogP contribution >= 0.6 is 0 Å². The van der Waals surface area contributed by atoms with E-state index >= 15 is 0 Å². The molecule has 5 rings (SSSR count). The Morgan fingerprint density at radius 1 is 1.07 bits per heavy atom. The lowest BCUT2D eigenvalue weighted by atomic mass is 9.99. The summed E-state index contributed by atoms with van der Waals surface area (Å²) in [6, 6.07) is 3.49. The third kappa shape index (κ3) is 3.53. The van der Waals surface area contributed by atoms with Crippen LogP contribution in [0.15, 0.2) is 23.4 Å². The van der Waals surface area contributed by atoms with Gasteiger partial charge in [-0.25, -0.2) is 8.42 Å². The van der Waals surface area contributed by atoms with E-state index in [1.54, 1.807) is 6.20 Å². The number of benzene rings is 1. The number of hydrogen-bond acceptors (Lipinski definition) is 6. The number of hydrogen-bond donors (Lipinski definition) is 4. The normalized spacial score (nSPS) is 24.1. The minimum Gasteiger partial charge on any atom is -0.391 e. The molecule has 9 heteroatoms. The molecule has 3 unspecified atom stereocenters. The average Bonchev–Trinajstić information content (AvgIpc) is 3.47. The quantitative estimate of drug-likeness (QED) is 0.516. The van der Waals surface area contributed by atoms with Crippen LogP contribution < -0.4 is 10.0 Å². The van der Waals surface area contributed by atoms with Crippen LogP contribution in [0.3, 0.4) is 0 Å². The summed E-state index contributed by atoms with van der Waals surface area (Å²) < 4.78 is 29.3. The summed E-state index contributed by atoms with van der Waals surface area (Å²) in [5.74, 6) is 0. The fraction of sp³-hybridized carbons (Fsp3) is 0.571. The van der Waals surface area contributed by atoms with E-state index in [1.807, 2.05) is 0 Å². The number of rotatable bonds is 6. The molecule has 0 aliphatic heterocycles. The summed E-state index contributed by atoms with van der Waals surface area (Å²) in [5.41, 5.74) is 5.92. The molecule has 0 saturated heterocycles. The van der Waals surface area contributed by atoms with Crippen LogP contribution in [0.5, 0.6) is 0 Å². The second-order valence-electron chi connectivity index (χ2n) is 8.60. The van der Waals surface area contributed by atoms with Crippen LogP contribution in [0, 0.1) is 0 Å². The van der Waals surface area contributed by atoms with Crippen molar-refractivity contribution in [2.24, 2.45) is 0 Å². The van der Waals surface area contributed by atoms with Crippen molar-refractivity contribution < 1.29 is 18.6 Å². The van der Waals surface area contributed by atoms with Gasteiger partial charge in [0.05, 0.1) is 12.1 Å². The third-order valence-electron chi connectivity index (χ3n) is 6.66. The van der Waals surface area contributed by atoms with Gasteiger partial charge in [-0.2, -0.15) is 9.82 Å². The Balaban J connectivity index is 1.34. The Labute approximate surface area is 176 Å². The monoisotopic (exact) mass is 432 g/mol. The number of aryl methyl sites for hydroxylation is 2. The van der Waals surface area contributed by atoms with Crippen LogP contribution in [0.1, 0.15) is 60.4 Å². The van der Waals surface area contributed by atoms with E-state index in [0.29, 0.717) is 6.42 Å². The third-order valence-corrected chi connectivity index (χ3v) is 7.97. The van der Waals surface area contributed by atoms with Crippen molar-refractivity contribution in [1.82, 2.24) is 14.5 Å². The van der Waals surface area contributed by atoms with Gasteiger partial charge in [0.15, 0.2) is 11.4 Å². The first-order chi connectivity index (χ1) is 14.4. The van der Waals surface area contributed by atoms with Gasteiger partial charge in [0, 0.05) is 11.9 Å². The molecule has 0 amide bonds. The van der Waals surface area contributed by atoms with Crippen molar-refractivity contribution in [3.8, 4) is 0 Å². The molecule has 30 heavy (non-hydrogen) atoms. The second kappa shape index (κ2) is 7.64. The van der Waals surface area contributed by atoms with Gasteiger partial charge in [-0.3, -0.25) is 4.68 Å². The number of fused-ring (bicyclic) bond motifs is 2. The summed E-state index contributed by atoms with van der Waals surface area (Å²) in [7, 11) is -4.01. The van der Waals surface area contributed by atoms with E-state index in [4.69, 9.17) is 0 Å². The van der Waals surface area contributed by atoms with Crippen LogP contribution in [0.2, 0.25) is 0 Å². The van der Waals surface area contributed by atoms with E-state index in [2.05, 4.69) is 21.2 Å². The molecule has 2 aromatic rings. The molecule has 162 valence electrons. The molecule has 1 saturated carbocycles. The molecule has 8 nitrogen and oxygen atoms in total. The highest BCUT2D eigenvalue weighted by atomic mass is 32.2. The van der Waals surface area contributed by atoms with Gasteiger partial charge in [-0.15, -0.1) is 0 Å². The van der Waals surface area contributed by atoms with E-state index in [9.17, 15) is 18.6 Å². The zero-order valence-electron chi connectivity index (χ0n) is 16.8. The average molecular weight is 433 g/mol. The Kier molecular flexibility index (Phi) is 5.09. The smallest absolute Gasteiger partial charge is 0.263 e. The highest BCUT2D eigenvalue weighted by Gasteiger charge is 2.30. The molecular weight excluding hydrogens is 404 g/mol. The highest BCUT2D eigenvalue weighted by Crippen LogP contribution is 2.38. The van der Waals surface area contributed by atoms with Crippen LogP contribution in [-0.4, -0.2) is 40.9 Å². The molecule has 1 aromatic heterocycles. The predicted octanol–water partition coefficient (Wildman–Crippen LogP) is 1.61. The van der Waals surface area contributed by atoms with Gasteiger partial charge in [0.2, 0.25) is 0 Å². The summed E-state index contributed by atoms with van der Waals surface area (Å²) in [6.07, 6.45) is 8.08. The number of sulfonamides is 1. The van der Waals surface area contributed by atoms with Crippen molar-refractivity contribution in [2.75, 3.05) is 5.32 Å². The van der Waals surface area contributed by atoms with Gasteiger partial charge < -0.3 is 15.5 Å². The van der Waals surface area contributed by atoms with Gasteiger partial charge in [0.25, 0.3) is 10.0 Å². The lowest BCUT2D eigenvalue weighted by molar-refractivity contribution is 0.129. The molecule has 0 radical (unpaired) electrons. The topological polar surface area (TPSA) is 116 Å². The maximum absolute atomic E-state index is 12.8. The Bertz CT molecular complexity index is 1030. The van der Waals surface area contributed by atoms with Gasteiger partial charge in [-0.05, 0) is 86.1 Å². The Morgan fingerprint density at radius 3 is 2.40 bits per heavy atom. The van der Waals surface area contributed by atoms with Gasteiger partial charge >= 0.3 is 0 Å². The van der Waals surface area contributed by atoms with E-state index in [0.717, 1.165) is 57.1 Å². The molecule has 4 N–H and O–H groups in total. The number of aliphatic hydroxyl groups is 2. The van der Waals surface area contributed by atoms with E-state index < -0.39 is 22.5 Å². The lowest BCUT2D eigenvalue weighted by Crippen LogP contribution is -2.41. The van der Waals surface area contributed by atoms with Gasteiger partial charge in [-0.1, -0.05) is 6.07 Å². The molecule has 0 bridgehead atoms. The molecular formula is C21H28N4O4S. The van der Waals surface area contributed by atoms with Crippen LogP contribution in [0.4, 0.5) is 5.69 Å². The van der Waals surface area contributed by atoms with E-state index in [-0.39, 0.29) is 11.1 Å². The summed E-state index contributed by atoms with van der Waals surface area (Å²) in [5, 5.41) is 27.6. The van der Waals surface area contributed by atoms with Crippen molar-refractivity contribution in [3.63, 3.8) is 0 Å². The zero-order chi connectivity index (χ0) is 20.9. The fourth-order valence-corrected chi connectivity index (χ4v) is 6.16. The number of aliphatic hydroxyl groups excluding tert-OH is 2. The first-order valence-corrected chi connectivity index (χ1v) is 12.3. The largest absolute Gasteiger partial charge is 0.391 e. The molecule has 0 spiro atoms. The molecule has 1 heterocycles. The lowest BCUT2D eigenvalue weighted by Gasteiger charge is -2.21. The summed E-state index contributed by atoms with van der Waals surface area (Å²) >= 11 is 0. The fourth-order valence-electron chi connectivity index (χ4n) is 5.24. The summed E-state index contributed by atoms with van der Waals surface area (Å²) in [6.45, 7) is 0. The van der Waals surface area contributed by atoms with Crippen molar-refractivity contribution in [2.45, 2.75) is 81.3 Å². The second-order valence-corrected chi connectivity index (χ2v) is 10.3. The van der Waals surface area contributed by atoms with E-state index in [1.165, 1.54) is 33.0 Å². The molecule has 1 aromatic carbocycles. The standard InChI is InChI=1S/C21H28N4O4S/c26-18-9-3-8-17(18)25-11-10-19(23-25)30(28,29)24-21(27)22-20-15-6-1-4-13(15)12-14-5-2-7-16(14)20/h10-12,17-18,21-22,24,26-27H,1-9H2. The summed E-state index contributed by atoms with van der Waals surface area (Å²) in [4.78, 5) is 0. The van der Waals surface area contributed by atoms with Crippen LogP contribution in [0.25, 0.3) is 0 Å². The van der Waals surface area contributed by atoms with Crippen molar-refractivity contribution >= 4 is 15.7 Å². The maximum Gasteiger partial charge on any atom is 0.263 e. The minimum atomic E-state index is -4.01. The number of aromatic nitrogens is 2. The Hall–Kier alpha value is -1.94. The number of nitrogens with one attached hydrogen (secondary N) is 2. The maximum atomic E-state index is 12.8. The molecule has 3 aliphatic carbocycles. The zero-order valence-corrected chi connectivity index (χ0v) is 17.7. The van der Waals surface area contributed by atoms with Crippen LogP contribution in [-0.2, 0) is 35.7 Å². The highest BCUT2D eigenvalue weighted by molar-refractivity contribution is 7.89. The Morgan fingerprint density at radius 2 is 1.77 bits per heavy atom. The first kappa shape index (κ1) is 20.0. The number of anilines is 1.